The molecule has 0 radical (unpaired) electrons. The van der Waals surface area contributed by atoms with Crippen LogP contribution < -0.4 is 10.1 Å². The zero-order valence-corrected chi connectivity index (χ0v) is 15.6. The normalized spacial score (nSPS) is 13.6. The van der Waals surface area contributed by atoms with E-state index in [-0.39, 0.29) is 5.56 Å². The molecular formula is C19H20N3O3S+. The second-order valence-electron chi connectivity index (χ2n) is 6.62. The van der Waals surface area contributed by atoms with Crippen LogP contribution in [-0.2, 0) is 24.1 Å². The van der Waals surface area contributed by atoms with Gasteiger partial charge in [-0.3, -0.25) is 4.79 Å². The molecule has 3 heterocycles. The van der Waals surface area contributed by atoms with Crippen LogP contribution in [0.1, 0.15) is 45.0 Å². The van der Waals surface area contributed by atoms with Crippen molar-refractivity contribution in [3.8, 4) is 0 Å². The van der Waals surface area contributed by atoms with E-state index in [1.54, 1.807) is 6.92 Å². The Kier molecular flexibility index (Phi) is 4.32. The molecular weight excluding hydrogens is 350 g/mol. The van der Waals surface area contributed by atoms with Crippen molar-refractivity contribution < 1.29 is 14.1 Å². The number of fused-ring (bicyclic) bond motifs is 2. The quantitative estimate of drug-likeness (QED) is 0.567. The van der Waals surface area contributed by atoms with E-state index < -0.39 is 5.97 Å². The van der Waals surface area contributed by atoms with Crippen molar-refractivity contribution in [1.82, 2.24) is 9.97 Å². The highest BCUT2D eigenvalue weighted by Gasteiger charge is 2.21. The average molecular weight is 370 g/mol. The van der Waals surface area contributed by atoms with E-state index in [1.165, 1.54) is 42.4 Å². The van der Waals surface area contributed by atoms with Gasteiger partial charge in [0.15, 0.2) is 18.2 Å². The maximum absolute atomic E-state index is 12.5. The number of hydrogen-bond acceptors (Lipinski definition) is 5. The van der Waals surface area contributed by atoms with E-state index in [0.29, 0.717) is 33.0 Å². The molecule has 0 spiro atoms. The van der Waals surface area contributed by atoms with Gasteiger partial charge in [-0.05, 0) is 43.7 Å². The van der Waals surface area contributed by atoms with Crippen LogP contribution in [-0.4, -0.2) is 23.0 Å². The summed E-state index contributed by atoms with van der Waals surface area (Å²) in [6, 6.07) is 2.16. The standard InChI is InChI=1S/C19H19N3O3S/c1-11-15-17(23)20-14(21-18(15)26-16(11)19(24)25-2)10-22-8-7-12-5-3-4-6-13(12)9-22/h7-9H,3-6,10H2,1-2H3/p+1. The van der Waals surface area contributed by atoms with E-state index in [9.17, 15) is 9.59 Å². The molecule has 7 heteroatoms. The Morgan fingerprint density at radius 2 is 2.12 bits per heavy atom. The number of nitrogens with one attached hydrogen (secondary N) is 1. The minimum absolute atomic E-state index is 0.215. The Hall–Kier alpha value is -2.54. The van der Waals surface area contributed by atoms with Crippen LogP contribution in [0.5, 0.6) is 0 Å². The number of carbonyl (C=O) groups excluding carboxylic acids is 1. The summed E-state index contributed by atoms with van der Waals surface area (Å²) in [5.41, 5.74) is 3.20. The highest BCUT2D eigenvalue weighted by molar-refractivity contribution is 7.20. The van der Waals surface area contributed by atoms with Gasteiger partial charge in [0.25, 0.3) is 5.56 Å². The third kappa shape index (κ3) is 2.92. The molecule has 1 aliphatic carbocycles. The first-order valence-electron chi connectivity index (χ1n) is 8.68. The number of methoxy groups -OCH3 is 1. The third-order valence-corrected chi connectivity index (χ3v) is 6.06. The van der Waals surface area contributed by atoms with Crippen LogP contribution in [0.25, 0.3) is 10.2 Å². The molecule has 0 saturated heterocycles. The van der Waals surface area contributed by atoms with E-state index in [2.05, 4.69) is 26.8 Å². The first-order valence-corrected chi connectivity index (χ1v) is 9.50. The number of aryl methyl sites for hydroxylation is 3. The molecule has 1 aliphatic rings. The molecule has 6 nitrogen and oxygen atoms in total. The Balaban J connectivity index is 1.71. The first-order chi connectivity index (χ1) is 12.6. The van der Waals surface area contributed by atoms with Crippen molar-refractivity contribution in [3.63, 3.8) is 0 Å². The number of pyridine rings is 1. The summed E-state index contributed by atoms with van der Waals surface area (Å²) in [6.07, 6.45) is 8.91. The lowest BCUT2D eigenvalue weighted by atomic mass is 9.93. The largest absolute Gasteiger partial charge is 0.465 e. The fourth-order valence-corrected chi connectivity index (χ4v) is 4.66. The summed E-state index contributed by atoms with van der Waals surface area (Å²) >= 11 is 1.20. The Bertz CT molecular complexity index is 1070. The molecule has 0 saturated carbocycles. The number of hydrogen-bond donors (Lipinski definition) is 1. The van der Waals surface area contributed by atoms with Crippen molar-refractivity contribution in [2.75, 3.05) is 7.11 Å². The first kappa shape index (κ1) is 16.9. The summed E-state index contributed by atoms with van der Waals surface area (Å²) in [5, 5.41) is 0.467. The number of aromatic nitrogens is 3. The number of esters is 1. The van der Waals surface area contributed by atoms with Crippen LogP contribution in [0.15, 0.2) is 23.3 Å². The van der Waals surface area contributed by atoms with Crippen molar-refractivity contribution in [1.29, 1.82) is 0 Å². The summed E-state index contributed by atoms with van der Waals surface area (Å²) in [7, 11) is 1.34. The molecule has 0 amide bonds. The zero-order chi connectivity index (χ0) is 18.3. The number of H-pyrrole nitrogens is 1. The number of ether oxygens (including phenoxy) is 1. The van der Waals surface area contributed by atoms with E-state index in [4.69, 9.17) is 4.74 Å². The Morgan fingerprint density at radius 1 is 1.35 bits per heavy atom. The van der Waals surface area contributed by atoms with Gasteiger partial charge >= 0.3 is 5.97 Å². The highest BCUT2D eigenvalue weighted by Crippen LogP contribution is 2.27. The predicted octanol–water partition coefficient (Wildman–Crippen LogP) is 2.29. The number of thiophene rings is 1. The smallest absolute Gasteiger partial charge is 0.348 e. The second-order valence-corrected chi connectivity index (χ2v) is 7.61. The van der Waals surface area contributed by atoms with Gasteiger partial charge in [-0.15, -0.1) is 11.3 Å². The lowest BCUT2D eigenvalue weighted by Crippen LogP contribution is -2.36. The number of rotatable bonds is 3. The molecule has 134 valence electrons. The maximum atomic E-state index is 12.5. The summed E-state index contributed by atoms with van der Waals surface area (Å²) in [6.45, 7) is 2.24. The van der Waals surface area contributed by atoms with Crippen molar-refractivity contribution in [2.24, 2.45) is 0 Å². The van der Waals surface area contributed by atoms with Gasteiger partial charge in [0.1, 0.15) is 9.71 Å². The van der Waals surface area contributed by atoms with Gasteiger partial charge in [-0.25, -0.2) is 9.78 Å². The molecule has 3 aromatic rings. The summed E-state index contributed by atoms with van der Waals surface area (Å²) < 4.78 is 6.84. The summed E-state index contributed by atoms with van der Waals surface area (Å²) in [4.78, 5) is 32.8. The molecule has 0 unspecified atom stereocenters. The number of aromatic amines is 1. The van der Waals surface area contributed by atoms with Gasteiger partial charge in [0.05, 0.1) is 12.5 Å². The zero-order valence-electron chi connectivity index (χ0n) is 14.8. The minimum Gasteiger partial charge on any atom is -0.465 e. The van der Waals surface area contributed by atoms with Gasteiger partial charge in [0, 0.05) is 11.6 Å². The van der Waals surface area contributed by atoms with Crippen LogP contribution in [0.4, 0.5) is 0 Å². The lowest BCUT2D eigenvalue weighted by molar-refractivity contribution is -0.689. The second kappa shape index (κ2) is 6.64. The van der Waals surface area contributed by atoms with Crippen LogP contribution in [0.3, 0.4) is 0 Å². The average Bonchev–Trinajstić information content (AvgIpc) is 2.98. The van der Waals surface area contributed by atoms with E-state index in [1.807, 2.05) is 6.20 Å². The molecule has 26 heavy (non-hydrogen) atoms. The monoisotopic (exact) mass is 370 g/mol. The topological polar surface area (TPSA) is 75.9 Å². The van der Waals surface area contributed by atoms with Gasteiger partial charge < -0.3 is 9.72 Å². The van der Waals surface area contributed by atoms with Gasteiger partial charge in [0.2, 0.25) is 6.54 Å². The van der Waals surface area contributed by atoms with Gasteiger partial charge in [-0.1, -0.05) is 0 Å². The maximum Gasteiger partial charge on any atom is 0.348 e. The molecule has 0 aromatic carbocycles. The molecule has 4 rings (SSSR count). The minimum atomic E-state index is -0.435. The van der Waals surface area contributed by atoms with E-state index >= 15 is 0 Å². The molecule has 0 aliphatic heterocycles. The lowest BCUT2D eigenvalue weighted by Gasteiger charge is -2.13. The Morgan fingerprint density at radius 3 is 2.88 bits per heavy atom. The summed E-state index contributed by atoms with van der Waals surface area (Å²) in [5.74, 6) is 0.149. The van der Waals surface area contributed by atoms with Crippen molar-refractivity contribution >= 4 is 27.5 Å². The van der Waals surface area contributed by atoms with Crippen LogP contribution >= 0.6 is 11.3 Å². The van der Waals surface area contributed by atoms with Crippen LogP contribution in [0.2, 0.25) is 0 Å². The fourth-order valence-electron chi connectivity index (χ4n) is 3.54. The molecule has 1 N–H and O–H groups in total. The highest BCUT2D eigenvalue weighted by atomic mass is 32.1. The van der Waals surface area contributed by atoms with Crippen molar-refractivity contribution in [3.05, 3.63) is 56.2 Å². The predicted molar refractivity (Wildman–Crippen MR) is 98.7 cm³/mol. The molecule has 0 fully saturated rings. The number of nitrogens with zero attached hydrogens (tertiary/aromatic N) is 2. The Labute approximate surface area is 154 Å². The third-order valence-electron chi connectivity index (χ3n) is 4.90. The fraction of sp³-hybridized carbons (Fsp3) is 0.368. The van der Waals surface area contributed by atoms with Gasteiger partial charge in [-0.2, -0.15) is 4.57 Å². The SMILES string of the molecule is COC(=O)c1sc2nc(C[n+]3ccc4c(c3)CCCC4)[nH]c(=O)c2c1C. The van der Waals surface area contributed by atoms with Crippen LogP contribution in [0, 0.1) is 6.92 Å². The number of carbonyl (C=O) groups is 1. The van der Waals surface area contributed by atoms with Crippen molar-refractivity contribution in [2.45, 2.75) is 39.2 Å². The molecule has 0 atom stereocenters. The van der Waals surface area contributed by atoms with E-state index in [0.717, 1.165) is 12.8 Å². The molecule has 3 aromatic heterocycles. The molecule has 0 bridgehead atoms.